The highest BCUT2D eigenvalue weighted by Crippen LogP contribution is 2.59. The monoisotopic (exact) mass is 321 g/mol. The van der Waals surface area contributed by atoms with Crippen LogP contribution >= 0.6 is 0 Å². The van der Waals surface area contributed by atoms with E-state index in [1.54, 1.807) is 5.57 Å². The molecule has 0 aromatic carbocycles. The summed E-state index contributed by atoms with van der Waals surface area (Å²) in [5, 5.41) is 0. The molecule has 134 valence electrons. The van der Waals surface area contributed by atoms with Gasteiger partial charge < -0.3 is 9.80 Å². The molecule has 0 aromatic rings. The predicted octanol–water partition coefficient (Wildman–Crippen LogP) is 3.18. The standard InChI is InChI=1S/C20H39N3/c1-20(2)18-10-9-17(19(20)15-18)16-23(13-7-11-21(3)4)14-8-12-22(5)6/h9,18-19H,7-8,10-16H2,1-6H3/t18-,19+/m0/s1. The zero-order chi connectivity index (χ0) is 17.0. The molecule has 1 saturated carbocycles. The molecule has 3 rings (SSSR count). The van der Waals surface area contributed by atoms with Gasteiger partial charge in [0.2, 0.25) is 0 Å². The Balaban J connectivity index is 1.87. The van der Waals surface area contributed by atoms with Crippen molar-refractivity contribution in [3.05, 3.63) is 11.6 Å². The van der Waals surface area contributed by atoms with Crippen LogP contribution in [0.4, 0.5) is 0 Å². The van der Waals surface area contributed by atoms with E-state index in [-0.39, 0.29) is 0 Å². The molecule has 23 heavy (non-hydrogen) atoms. The minimum atomic E-state index is 0.559. The molecular formula is C20H39N3. The van der Waals surface area contributed by atoms with Crippen LogP contribution < -0.4 is 0 Å². The Morgan fingerprint density at radius 3 is 1.96 bits per heavy atom. The van der Waals surface area contributed by atoms with Crippen molar-refractivity contribution in [3.8, 4) is 0 Å². The molecule has 2 bridgehead atoms. The first-order valence-corrected chi connectivity index (χ1v) is 9.51. The van der Waals surface area contributed by atoms with Crippen molar-refractivity contribution < 1.29 is 0 Å². The van der Waals surface area contributed by atoms with Crippen LogP contribution in [0.3, 0.4) is 0 Å². The van der Waals surface area contributed by atoms with Gasteiger partial charge in [-0.2, -0.15) is 0 Å². The second kappa shape index (κ2) is 8.13. The van der Waals surface area contributed by atoms with Gasteiger partial charge in [0.05, 0.1) is 0 Å². The fourth-order valence-corrected chi connectivity index (χ4v) is 4.41. The Morgan fingerprint density at radius 1 is 0.957 bits per heavy atom. The molecule has 0 heterocycles. The van der Waals surface area contributed by atoms with Gasteiger partial charge in [-0.1, -0.05) is 25.5 Å². The molecule has 0 spiro atoms. The largest absolute Gasteiger partial charge is 0.309 e. The molecule has 0 N–H and O–H groups in total. The lowest BCUT2D eigenvalue weighted by Crippen LogP contribution is -2.50. The number of allylic oxidation sites excluding steroid dienone is 1. The van der Waals surface area contributed by atoms with Crippen LogP contribution in [-0.4, -0.2) is 75.6 Å². The topological polar surface area (TPSA) is 9.72 Å². The van der Waals surface area contributed by atoms with Gasteiger partial charge >= 0.3 is 0 Å². The van der Waals surface area contributed by atoms with Gasteiger partial charge in [-0.3, -0.25) is 4.90 Å². The summed E-state index contributed by atoms with van der Waals surface area (Å²) in [5.41, 5.74) is 2.30. The number of fused-ring (bicyclic) bond motifs is 1. The zero-order valence-corrected chi connectivity index (χ0v) is 16.4. The first kappa shape index (κ1) is 19.0. The van der Waals surface area contributed by atoms with Crippen LogP contribution in [0.25, 0.3) is 0 Å². The van der Waals surface area contributed by atoms with Crippen molar-refractivity contribution in [1.82, 2.24) is 14.7 Å². The third-order valence-electron chi connectivity index (χ3n) is 6.15. The Morgan fingerprint density at radius 2 is 1.52 bits per heavy atom. The lowest BCUT2D eigenvalue weighted by molar-refractivity contribution is -0.0107. The molecule has 0 aliphatic heterocycles. The molecule has 0 amide bonds. The van der Waals surface area contributed by atoms with Crippen LogP contribution in [0.2, 0.25) is 0 Å². The minimum absolute atomic E-state index is 0.559. The van der Waals surface area contributed by atoms with Crippen LogP contribution in [-0.2, 0) is 0 Å². The van der Waals surface area contributed by atoms with Gasteiger partial charge in [0.15, 0.2) is 0 Å². The second-order valence-corrected chi connectivity index (χ2v) is 8.91. The first-order chi connectivity index (χ1) is 10.8. The maximum atomic E-state index is 2.72. The van der Waals surface area contributed by atoms with Gasteiger partial charge in [-0.15, -0.1) is 0 Å². The van der Waals surface area contributed by atoms with E-state index in [1.165, 1.54) is 58.4 Å². The Bertz CT molecular complexity index is 384. The maximum Gasteiger partial charge on any atom is 0.0195 e. The van der Waals surface area contributed by atoms with Gasteiger partial charge in [0, 0.05) is 6.54 Å². The van der Waals surface area contributed by atoms with Crippen molar-refractivity contribution in [2.75, 3.05) is 60.9 Å². The van der Waals surface area contributed by atoms with Crippen LogP contribution in [0.15, 0.2) is 11.6 Å². The summed E-state index contributed by atoms with van der Waals surface area (Å²) in [6.45, 7) is 11.0. The molecule has 0 saturated heterocycles. The quantitative estimate of drug-likeness (QED) is 0.572. The van der Waals surface area contributed by atoms with Crippen LogP contribution in [0.5, 0.6) is 0 Å². The SMILES string of the molecule is CN(C)CCCN(CCCN(C)C)CC1=CC[C@H]2C[C@H]1C2(C)C. The van der Waals surface area contributed by atoms with Crippen molar-refractivity contribution in [1.29, 1.82) is 0 Å². The highest BCUT2D eigenvalue weighted by atomic mass is 15.1. The summed E-state index contributed by atoms with van der Waals surface area (Å²) < 4.78 is 0. The van der Waals surface area contributed by atoms with Crippen LogP contribution in [0, 0.1) is 17.3 Å². The van der Waals surface area contributed by atoms with Crippen molar-refractivity contribution >= 4 is 0 Å². The van der Waals surface area contributed by atoms with Gasteiger partial charge in [0.1, 0.15) is 0 Å². The van der Waals surface area contributed by atoms with Gasteiger partial charge in [0.25, 0.3) is 0 Å². The molecular weight excluding hydrogens is 282 g/mol. The summed E-state index contributed by atoms with van der Waals surface area (Å²) in [7, 11) is 8.71. The van der Waals surface area contributed by atoms with Gasteiger partial charge in [-0.05, 0) is 97.3 Å². The Labute approximate surface area is 144 Å². The average molecular weight is 322 g/mol. The van der Waals surface area contributed by atoms with Gasteiger partial charge in [-0.25, -0.2) is 0 Å². The summed E-state index contributed by atoms with van der Waals surface area (Å²) in [6.07, 6.45) is 7.90. The molecule has 2 atom stereocenters. The van der Waals surface area contributed by atoms with E-state index in [0.717, 1.165) is 11.8 Å². The summed E-state index contributed by atoms with van der Waals surface area (Å²) >= 11 is 0. The third kappa shape index (κ3) is 5.04. The molecule has 3 nitrogen and oxygen atoms in total. The first-order valence-electron chi connectivity index (χ1n) is 9.51. The summed E-state index contributed by atoms with van der Waals surface area (Å²) in [5.74, 6) is 1.80. The fourth-order valence-electron chi connectivity index (χ4n) is 4.41. The predicted molar refractivity (Wildman–Crippen MR) is 101 cm³/mol. The second-order valence-electron chi connectivity index (χ2n) is 8.91. The van der Waals surface area contributed by atoms with E-state index < -0.39 is 0 Å². The minimum Gasteiger partial charge on any atom is -0.309 e. The van der Waals surface area contributed by atoms with Crippen molar-refractivity contribution in [2.45, 2.75) is 39.5 Å². The van der Waals surface area contributed by atoms with E-state index >= 15 is 0 Å². The number of nitrogens with zero attached hydrogens (tertiary/aromatic N) is 3. The van der Waals surface area contributed by atoms with E-state index in [1.807, 2.05) is 0 Å². The van der Waals surface area contributed by atoms with E-state index in [9.17, 15) is 0 Å². The Hall–Kier alpha value is -0.380. The third-order valence-corrected chi connectivity index (χ3v) is 6.15. The van der Waals surface area contributed by atoms with Crippen molar-refractivity contribution in [3.63, 3.8) is 0 Å². The summed E-state index contributed by atoms with van der Waals surface area (Å²) in [6, 6.07) is 0. The Kier molecular flexibility index (Phi) is 6.70. The molecule has 0 aromatic heterocycles. The zero-order valence-electron chi connectivity index (χ0n) is 16.4. The fraction of sp³-hybridized carbons (Fsp3) is 0.900. The molecule has 3 aliphatic carbocycles. The highest BCUT2D eigenvalue weighted by molar-refractivity contribution is 5.24. The lowest BCUT2D eigenvalue weighted by Gasteiger charge is -2.57. The van der Waals surface area contributed by atoms with E-state index in [0.29, 0.717) is 5.41 Å². The van der Waals surface area contributed by atoms with E-state index in [4.69, 9.17) is 0 Å². The normalized spacial score (nSPS) is 25.9. The molecule has 0 radical (unpaired) electrons. The maximum absolute atomic E-state index is 2.72. The molecule has 3 aliphatic rings. The number of hydrogen-bond acceptors (Lipinski definition) is 3. The summed E-state index contributed by atoms with van der Waals surface area (Å²) in [4.78, 5) is 7.32. The van der Waals surface area contributed by atoms with Crippen molar-refractivity contribution in [2.24, 2.45) is 17.3 Å². The average Bonchev–Trinajstić information content (AvgIpc) is 2.46. The van der Waals surface area contributed by atoms with Crippen LogP contribution in [0.1, 0.15) is 39.5 Å². The number of rotatable bonds is 10. The lowest BCUT2D eigenvalue weighted by atomic mass is 9.49. The smallest absolute Gasteiger partial charge is 0.0195 e. The molecule has 1 fully saturated rings. The highest BCUT2D eigenvalue weighted by Gasteiger charge is 2.51. The number of hydrogen-bond donors (Lipinski definition) is 0. The molecule has 0 unspecified atom stereocenters. The molecule has 3 heteroatoms. The van der Waals surface area contributed by atoms with E-state index in [2.05, 4.69) is 62.8 Å².